The van der Waals surface area contributed by atoms with Gasteiger partial charge in [0.2, 0.25) is 0 Å². The number of esters is 1. The van der Waals surface area contributed by atoms with Crippen LogP contribution in [0.15, 0.2) is 18.2 Å². The van der Waals surface area contributed by atoms with Gasteiger partial charge in [0, 0.05) is 22.8 Å². The second kappa shape index (κ2) is 11.4. The van der Waals surface area contributed by atoms with E-state index in [1.54, 1.807) is 0 Å². The van der Waals surface area contributed by atoms with Crippen LogP contribution in [0.1, 0.15) is 104 Å². The standard InChI is InChI=1S/C25H40ClNO3S/c1-24(2,3)30-23(28)16-12-18-9-7-8-10-19-17-20(26)13-14-21(19)22(15-11-18)27-31(29)25(4,5)6/h13-14,17-18,22,27H,7-12,15-16H2,1-6H3/t18?,22-,31?/m1/s1. The number of nitrogens with one attached hydrogen (secondary N) is 1. The first-order valence-corrected chi connectivity index (χ1v) is 13.1. The van der Waals surface area contributed by atoms with Crippen LogP contribution in [0.2, 0.25) is 5.02 Å². The minimum atomic E-state index is -1.16. The molecule has 176 valence electrons. The lowest BCUT2D eigenvalue weighted by molar-refractivity contribution is -0.155. The van der Waals surface area contributed by atoms with Crippen molar-refractivity contribution >= 4 is 28.9 Å². The molecule has 0 aromatic heterocycles. The van der Waals surface area contributed by atoms with Gasteiger partial charge in [-0.05, 0) is 103 Å². The van der Waals surface area contributed by atoms with E-state index < -0.39 is 17.0 Å². The predicted molar refractivity (Wildman–Crippen MR) is 131 cm³/mol. The number of benzene rings is 1. The highest BCUT2D eigenvalue weighted by atomic mass is 35.5. The average Bonchev–Trinajstić information content (AvgIpc) is 2.63. The summed E-state index contributed by atoms with van der Waals surface area (Å²) in [6.07, 6.45) is 7.47. The molecule has 31 heavy (non-hydrogen) atoms. The van der Waals surface area contributed by atoms with Crippen molar-refractivity contribution in [3.8, 4) is 0 Å². The molecule has 1 aromatic rings. The Hall–Kier alpha value is -0.750. The van der Waals surface area contributed by atoms with E-state index in [2.05, 4.69) is 16.9 Å². The number of carbonyl (C=O) groups excluding carboxylic acids is 1. The number of rotatable bonds is 5. The van der Waals surface area contributed by atoms with Crippen molar-refractivity contribution in [2.75, 3.05) is 0 Å². The van der Waals surface area contributed by atoms with Gasteiger partial charge in [0.1, 0.15) is 10.3 Å². The van der Waals surface area contributed by atoms with Crippen molar-refractivity contribution in [2.45, 2.75) is 109 Å². The Bertz CT molecular complexity index is 726. The molecule has 2 rings (SSSR count). The van der Waals surface area contributed by atoms with Crippen molar-refractivity contribution in [1.29, 1.82) is 0 Å². The van der Waals surface area contributed by atoms with Crippen LogP contribution < -0.4 is 4.72 Å². The fourth-order valence-corrected chi connectivity index (χ4v) is 5.06. The molecule has 3 atom stereocenters. The topological polar surface area (TPSA) is 61.4 Å². The van der Waals surface area contributed by atoms with Crippen LogP contribution >= 0.6 is 11.6 Å². The van der Waals surface area contributed by atoms with Gasteiger partial charge < -0.3 is 9.29 Å². The average molecular weight is 470 g/mol. The van der Waals surface area contributed by atoms with E-state index in [1.807, 2.05) is 47.6 Å². The van der Waals surface area contributed by atoms with Gasteiger partial charge in [-0.15, -0.1) is 4.72 Å². The molecule has 4 nitrogen and oxygen atoms in total. The third-order valence-corrected chi connectivity index (χ3v) is 7.48. The summed E-state index contributed by atoms with van der Waals surface area (Å²) in [5.41, 5.74) is 2.02. The highest BCUT2D eigenvalue weighted by Gasteiger charge is 2.31. The summed E-state index contributed by atoms with van der Waals surface area (Å²) < 4.78 is 21.5. The van der Waals surface area contributed by atoms with Crippen LogP contribution in [0.3, 0.4) is 0 Å². The maximum atomic E-state index is 12.9. The first kappa shape index (κ1) is 26.5. The molecule has 0 fully saturated rings. The SMILES string of the molecule is CC(C)(C)OC(=O)CCC1CCCCc2cc(Cl)ccc2[C@H](N[S+]([O-])C(C)(C)C)CC1. The van der Waals surface area contributed by atoms with Gasteiger partial charge >= 0.3 is 5.97 Å². The van der Waals surface area contributed by atoms with Crippen molar-refractivity contribution in [1.82, 2.24) is 4.72 Å². The van der Waals surface area contributed by atoms with Crippen LogP contribution in [-0.2, 0) is 27.3 Å². The lowest BCUT2D eigenvalue weighted by Gasteiger charge is -2.31. The van der Waals surface area contributed by atoms with Crippen molar-refractivity contribution in [2.24, 2.45) is 5.92 Å². The first-order valence-electron chi connectivity index (χ1n) is 11.5. The number of ether oxygens (including phenoxy) is 1. The Morgan fingerprint density at radius 1 is 1.16 bits per heavy atom. The Kier molecular flexibility index (Phi) is 9.75. The molecular formula is C25H40ClNO3S. The van der Waals surface area contributed by atoms with Crippen LogP contribution in [0.5, 0.6) is 0 Å². The van der Waals surface area contributed by atoms with Crippen molar-refractivity contribution in [3.05, 3.63) is 34.3 Å². The maximum Gasteiger partial charge on any atom is 0.306 e. The number of carbonyl (C=O) groups is 1. The summed E-state index contributed by atoms with van der Waals surface area (Å²) in [5, 5.41) is 0.752. The smallest absolute Gasteiger partial charge is 0.306 e. The van der Waals surface area contributed by atoms with Crippen LogP contribution in [0, 0.1) is 5.92 Å². The van der Waals surface area contributed by atoms with E-state index >= 15 is 0 Å². The molecule has 0 heterocycles. The van der Waals surface area contributed by atoms with E-state index in [0.29, 0.717) is 12.3 Å². The molecule has 1 aliphatic rings. The Morgan fingerprint density at radius 3 is 2.52 bits per heavy atom. The maximum absolute atomic E-state index is 12.9. The summed E-state index contributed by atoms with van der Waals surface area (Å²) in [6.45, 7) is 11.7. The zero-order chi connectivity index (χ0) is 23.2. The molecule has 0 saturated heterocycles. The van der Waals surface area contributed by atoms with E-state index in [4.69, 9.17) is 16.3 Å². The van der Waals surface area contributed by atoms with E-state index in [9.17, 15) is 9.35 Å². The molecule has 6 heteroatoms. The number of hydrogen-bond donors (Lipinski definition) is 1. The summed E-state index contributed by atoms with van der Waals surface area (Å²) in [4.78, 5) is 12.2. The van der Waals surface area contributed by atoms with E-state index in [-0.39, 0.29) is 16.8 Å². The van der Waals surface area contributed by atoms with Gasteiger partial charge in [-0.2, -0.15) is 0 Å². The largest absolute Gasteiger partial charge is 0.598 e. The third-order valence-electron chi connectivity index (χ3n) is 5.63. The summed E-state index contributed by atoms with van der Waals surface area (Å²) in [5.74, 6) is 0.349. The Morgan fingerprint density at radius 2 is 1.87 bits per heavy atom. The second-order valence-corrected chi connectivity index (χ2v) is 13.1. The monoisotopic (exact) mass is 469 g/mol. The number of fused-ring (bicyclic) bond motifs is 1. The van der Waals surface area contributed by atoms with Crippen molar-refractivity contribution in [3.63, 3.8) is 0 Å². The normalized spacial score (nSPS) is 21.8. The molecule has 0 radical (unpaired) electrons. The van der Waals surface area contributed by atoms with Gasteiger partial charge in [-0.25, -0.2) is 0 Å². The molecule has 0 spiro atoms. The highest BCUT2D eigenvalue weighted by molar-refractivity contribution is 7.90. The molecule has 2 unspecified atom stereocenters. The Labute approximate surface area is 197 Å². The number of aryl methyl sites for hydroxylation is 1. The molecule has 0 aliphatic heterocycles. The molecule has 0 bridgehead atoms. The predicted octanol–water partition coefficient (Wildman–Crippen LogP) is 6.68. The van der Waals surface area contributed by atoms with Gasteiger partial charge in [0.25, 0.3) is 0 Å². The molecule has 1 aromatic carbocycles. The van der Waals surface area contributed by atoms with Gasteiger partial charge in [-0.1, -0.05) is 30.5 Å². The van der Waals surface area contributed by atoms with Crippen molar-refractivity contribution < 1.29 is 14.1 Å². The van der Waals surface area contributed by atoms with Gasteiger partial charge in [-0.3, -0.25) is 4.79 Å². The lowest BCUT2D eigenvalue weighted by atomic mass is 9.85. The minimum absolute atomic E-state index is 0.00875. The summed E-state index contributed by atoms with van der Waals surface area (Å²) >= 11 is 5.12. The highest BCUT2D eigenvalue weighted by Crippen LogP contribution is 2.33. The lowest BCUT2D eigenvalue weighted by Crippen LogP contribution is -2.41. The fourth-order valence-electron chi connectivity index (χ4n) is 4.01. The number of halogens is 1. The van der Waals surface area contributed by atoms with E-state index in [1.165, 1.54) is 11.1 Å². The zero-order valence-corrected chi connectivity index (χ0v) is 21.6. The zero-order valence-electron chi connectivity index (χ0n) is 20.1. The van der Waals surface area contributed by atoms with E-state index in [0.717, 1.165) is 50.0 Å². The molecule has 0 amide bonds. The number of hydrogen-bond acceptors (Lipinski definition) is 4. The molecular weight excluding hydrogens is 430 g/mol. The van der Waals surface area contributed by atoms with Gasteiger partial charge in [0.05, 0.1) is 6.04 Å². The Balaban J connectivity index is 2.14. The summed E-state index contributed by atoms with van der Waals surface area (Å²) in [7, 11) is 0. The van der Waals surface area contributed by atoms with Crippen LogP contribution in [0.4, 0.5) is 0 Å². The van der Waals surface area contributed by atoms with Crippen LogP contribution in [-0.4, -0.2) is 20.9 Å². The third kappa shape index (κ3) is 9.33. The second-order valence-electron chi connectivity index (χ2n) is 10.7. The van der Waals surface area contributed by atoms with Crippen LogP contribution in [0.25, 0.3) is 0 Å². The quantitative estimate of drug-likeness (QED) is 0.386. The molecule has 1 aliphatic carbocycles. The summed E-state index contributed by atoms with van der Waals surface area (Å²) in [6, 6.07) is 6.09. The molecule has 0 saturated carbocycles. The molecule has 1 N–H and O–H groups in total. The first-order chi connectivity index (χ1) is 14.3. The van der Waals surface area contributed by atoms with Gasteiger partial charge in [0.15, 0.2) is 0 Å². The minimum Gasteiger partial charge on any atom is -0.598 e. The fraction of sp³-hybridized carbons (Fsp3) is 0.720.